The predicted molar refractivity (Wildman–Crippen MR) is 80.8 cm³/mol. The fourth-order valence-corrected chi connectivity index (χ4v) is 2.13. The summed E-state index contributed by atoms with van der Waals surface area (Å²) in [6.45, 7) is 0. The van der Waals surface area contributed by atoms with Crippen LogP contribution in [0.25, 0.3) is 0 Å². The van der Waals surface area contributed by atoms with Crippen molar-refractivity contribution in [3.05, 3.63) is 57.6 Å². The molecule has 0 spiro atoms. The van der Waals surface area contributed by atoms with E-state index in [0.29, 0.717) is 5.02 Å². The fraction of sp³-hybridized carbons (Fsp3) is 0.0714. The van der Waals surface area contributed by atoms with Gasteiger partial charge < -0.3 is 5.11 Å². The van der Waals surface area contributed by atoms with Crippen LogP contribution in [0.15, 0.2) is 41.5 Å². The van der Waals surface area contributed by atoms with Crippen molar-refractivity contribution in [3.63, 3.8) is 0 Å². The molecular weight excluding hydrogens is 340 g/mol. The average Bonchev–Trinajstić information content (AvgIpc) is 2.43. The Morgan fingerprint density at radius 1 is 1.14 bits per heavy atom. The molecule has 8 heteroatoms. The van der Waals surface area contributed by atoms with E-state index < -0.39 is 11.7 Å². The van der Waals surface area contributed by atoms with Crippen LogP contribution in [0.5, 0.6) is 5.75 Å². The summed E-state index contributed by atoms with van der Waals surface area (Å²) in [4.78, 5) is 0. The highest BCUT2D eigenvalue weighted by Crippen LogP contribution is 2.31. The first kappa shape index (κ1) is 16.5. The van der Waals surface area contributed by atoms with Crippen LogP contribution in [-0.4, -0.2) is 11.3 Å². The molecule has 2 aromatic rings. The van der Waals surface area contributed by atoms with Crippen LogP contribution in [0.3, 0.4) is 0 Å². The second kappa shape index (κ2) is 6.46. The third-order valence-electron chi connectivity index (χ3n) is 2.64. The summed E-state index contributed by atoms with van der Waals surface area (Å²) >= 11 is 11.5. The number of hydrogen-bond acceptors (Lipinski definition) is 3. The molecule has 0 unspecified atom stereocenters. The number of benzene rings is 2. The molecule has 116 valence electrons. The van der Waals surface area contributed by atoms with Crippen LogP contribution in [-0.2, 0) is 6.18 Å². The zero-order valence-electron chi connectivity index (χ0n) is 10.8. The molecule has 22 heavy (non-hydrogen) atoms. The van der Waals surface area contributed by atoms with Gasteiger partial charge in [-0.25, -0.2) is 0 Å². The van der Waals surface area contributed by atoms with Gasteiger partial charge >= 0.3 is 6.18 Å². The van der Waals surface area contributed by atoms with E-state index in [-0.39, 0.29) is 22.0 Å². The van der Waals surface area contributed by atoms with Crippen molar-refractivity contribution in [3.8, 4) is 5.75 Å². The summed E-state index contributed by atoms with van der Waals surface area (Å²) in [5.74, 6) is -0.222. The average molecular weight is 349 g/mol. The van der Waals surface area contributed by atoms with Crippen molar-refractivity contribution in [2.45, 2.75) is 6.18 Å². The smallest absolute Gasteiger partial charge is 0.416 e. The van der Waals surface area contributed by atoms with Gasteiger partial charge in [0, 0.05) is 10.6 Å². The number of hydrogen-bond donors (Lipinski definition) is 2. The number of nitrogens with zero attached hydrogens (tertiary/aromatic N) is 1. The van der Waals surface area contributed by atoms with Gasteiger partial charge in [-0.1, -0.05) is 29.3 Å². The van der Waals surface area contributed by atoms with Crippen molar-refractivity contribution < 1.29 is 18.3 Å². The first-order chi connectivity index (χ1) is 10.3. The molecule has 0 aliphatic rings. The molecule has 0 radical (unpaired) electrons. The van der Waals surface area contributed by atoms with Gasteiger partial charge in [0.1, 0.15) is 5.75 Å². The minimum absolute atomic E-state index is 0.0491. The van der Waals surface area contributed by atoms with Gasteiger partial charge in [0.25, 0.3) is 0 Å². The molecule has 0 heterocycles. The number of hydrazone groups is 1. The third kappa shape index (κ3) is 4.05. The lowest BCUT2D eigenvalue weighted by Crippen LogP contribution is -2.05. The van der Waals surface area contributed by atoms with Gasteiger partial charge in [0.15, 0.2) is 0 Å². The lowest BCUT2D eigenvalue weighted by molar-refractivity contribution is -0.137. The van der Waals surface area contributed by atoms with Crippen molar-refractivity contribution in [1.29, 1.82) is 0 Å². The highest BCUT2D eigenvalue weighted by Gasteiger charge is 2.30. The van der Waals surface area contributed by atoms with Crippen LogP contribution in [0.1, 0.15) is 11.1 Å². The van der Waals surface area contributed by atoms with Crippen LogP contribution < -0.4 is 5.43 Å². The SMILES string of the molecule is Oc1c(Cl)cc(Cl)cc1/C=N/Nc1cccc(C(F)(F)F)c1. The largest absolute Gasteiger partial charge is 0.506 e. The molecule has 2 rings (SSSR count). The summed E-state index contributed by atoms with van der Waals surface area (Å²) in [6.07, 6.45) is -3.23. The van der Waals surface area contributed by atoms with Gasteiger partial charge in [-0.2, -0.15) is 18.3 Å². The minimum atomic E-state index is -4.43. The molecule has 0 saturated carbocycles. The Labute approximate surface area is 134 Å². The van der Waals surface area contributed by atoms with E-state index in [0.717, 1.165) is 12.1 Å². The molecule has 0 saturated heterocycles. The molecule has 0 amide bonds. The quantitative estimate of drug-likeness (QED) is 0.594. The van der Waals surface area contributed by atoms with Gasteiger partial charge in [-0.15, -0.1) is 0 Å². The second-order valence-corrected chi connectivity index (χ2v) is 5.12. The van der Waals surface area contributed by atoms with E-state index in [2.05, 4.69) is 10.5 Å². The molecule has 0 aliphatic carbocycles. The van der Waals surface area contributed by atoms with Crippen molar-refractivity contribution >= 4 is 35.1 Å². The highest BCUT2D eigenvalue weighted by atomic mass is 35.5. The number of alkyl halides is 3. The molecule has 0 fully saturated rings. The molecule has 0 atom stereocenters. The van der Waals surface area contributed by atoms with Crippen molar-refractivity contribution in [1.82, 2.24) is 0 Å². The van der Waals surface area contributed by atoms with E-state index in [1.807, 2.05) is 0 Å². The molecule has 0 bridgehead atoms. The van der Waals surface area contributed by atoms with E-state index in [9.17, 15) is 18.3 Å². The topological polar surface area (TPSA) is 44.6 Å². The Morgan fingerprint density at radius 3 is 2.55 bits per heavy atom. The van der Waals surface area contributed by atoms with E-state index in [1.54, 1.807) is 0 Å². The third-order valence-corrected chi connectivity index (χ3v) is 3.15. The monoisotopic (exact) mass is 348 g/mol. The van der Waals surface area contributed by atoms with Gasteiger partial charge in [0.2, 0.25) is 0 Å². The zero-order valence-corrected chi connectivity index (χ0v) is 12.3. The van der Waals surface area contributed by atoms with Crippen molar-refractivity contribution in [2.24, 2.45) is 5.10 Å². The first-order valence-electron chi connectivity index (χ1n) is 5.92. The van der Waals surface area contributed by atoms with Gasteiger partial charge in [0.05, 0.1) is 22.5 Å². The summed E-state index contributed by atoms with van der Waals surface area (Å²) in [5, 5.41) is 13.8. The predicted octanol–water partition coefficient (Wildman–Crippen LogP) is 5.16. The van der Waals surface area contributed by atoms with Crippen LogP contribution >= 0.6 is 23.2 Å². The maximum atomic E-state index is 12.6. The highest BCUT2D eigenvalue weighted by molar-refractivity contribution is 6.36. The van der Waals surface area contributed by atoms with Crippen LogP contribution in [0.4, 0.5) is 18.9 Å². The molecule has 2 N–H and O–H groups in total. The Balaban J connectivity index is 2.17. The van der Waals surface area contributed by atoms with Crippen LogP contribution in [0.2, 0.25) is 10.0 Å². The van der Waals surface area contributed by atoms with Gasteiger partial charge in [-0.05, 0) is 30.3 Å². The summed E-state index contributed by atoms with van der Waals surface area (Å²) in [7, 11) is 0. The number of anilines is 1. The number of rotatable bonds is 3. The number of nitrogens with one attached hydrogen (secondary N) is 1. The molecule has 0 aromatic heterocycles. The zero-order chi connectivity index (χ0) is 16.3. The minimum Gasteiger partial charge on any atom is -0.506 e. The molecule has 0 aliphatic heterocycles. The summed E-state index contributed by atoms with van der Waals surface area (Å²) in [6, 6.07) is 7.33. The summed E-state index contributed by atoms with van der Waals surface area (Å²) in [5.41, 5.74) is 2.04. The number of phenolic OH excluding ortho intramolecular Hbond substituents is 1. The lowest BCUT2D eigenvalue weighted by atomic mass is 10.2. The summed E-state index contributed by atoms with van der Waals surface area (Å²) < 4.78 is 37.7. The Bertz CT molecular complexity index is 718. The maximum Gasteiger partial charge on any atom is 0.416 e. The first-order valence-corrected chi connectivity index (χ1v) is 6.67. The standard InChI is InChI=1S/C14H9Cl2F3N2O/c15-10-4-8(13(22)12(16)6-10)7-20-21-11-3-1-2-9(5-11)14(17,18)19/h1-7,21-22H/b20-7+. The Morgan fingerprint density at radius 2 is 1.86 bits per heavy atom. The van der Waals surface area contributed by atoms with E-state index in [4.69, 9.17) is 23.2 Å². The maximum absolute atomic E-state index is 12.6. The second-order valence-electron chi connectivity index (χ2n) is 4.27. The van der Waals surface area contributed by atoms with E-state index >= 15 is 0 Å². The number of phenols is 1. The normalized spacial score (nSPS) is 11.9. The van der Waals surface area contributed by atoms with Crippen molar-refractivity contribution in [2.75, 3.05) is 5.43 Å². The van der Waals surface area contributed by atoms with E-state index in [1.165, 1.54) is 30.5 Å². The lowest BCUT2D eigenvalue weighted by Gasteiger charge is -2.08. The Hall–Kier alpha value is -1.92. The fourth-order valence-electron chi connectivity index (χ4n) is 1.63. The molecule has 2 aromatic carbocycles. The van der Waals surface area contributed by atoms with Crippen LogP contribution in [0, 0.1) is 0 Å². The van der Waals surface area contributed by atoms with Gasteiger partial charge in [-0.3, -0.25) is 5.43 Å². The number of halogens is 5. The number of aromatic hydroxyl groups is 1. The Kier molecular flexibility index (Phi) is 4.83. The molecule has 3 nitrogen and oxygen atoms in total. The molecular formula is C14H9Cl2F3N2O.